The van der Waals surface area contributed by atoms with Crippen LogP contribution in [0.1, 0.15) is 40.0 Å². The Hall–Kier alpha value is -0.240. The molecule has 0 aromatic carbocycles. The largest absolute Gasteiger partial charge is 0.392 e. The van der Waals surface area contributed by atoms with E-state index in [0.717, 1.165) is 25.0 Å². The van der Waals surface area contributed by atoms with Crippen molar-refractivity contribution in [2.24, 2.45) is 0 Å². The Morgan fingerprint density at radius 2 is 2.12 bits per heavy atom. The number of aliphatic hydroxyl groups is 1. The van der Waals surface area contributed by atoms with Gasteiger partial charge in [-0.1, -0.05) is 13.8 Å². The van der Waals surface area contributed by atoms with Gasteiger partial charge in [-0.25, -0.2) is 0 Å². The molecule has 0 aliphatic rings. The first-order valence-electron chi connectivity index (χ1n) is 5.91. The van der Waals surface area contributed by atoms with Crippen molar-refractivity contribution in [2.75, 3.05) is 12.8 Å². The minimum atomic E-state index is -0.366. The van der Waals surface area contributed by atoms with Gasteiger partial charge in [-0.15, -0.1) is 0 Å². The third-order valence-electron chi connectivity index (χ3n) is 3.10. The molecule has 0 aliphatic carbocycles. The standard InChI is InChI=1S/C12H24N2OS/c1-5-12(9-13,14-4)7-6-8-16-11(3)10(2)15/h10-11,14-15H,5-8H2,1-4H3. The zero-order valence-electron chi connectivity index (χ0n) is 10.8. The molecule has 16 heavy (non-hydrogen) atoms. The van der Waals surface area contributed by atoms with Crippen LogP contribution in [0.15, 0.2) is 0 Å². The summed E-state index contributed by atoms with van der Waals surface area (Å²) in [5, 5.41) is 21.8. The zero-order valence-corrected chi connectivity index (χ0v) is 11.6. The van der Waals surface area contributed by atoms with Gasteiger partial charge in [0, 0.05) is 5.25 Å². The molecule has 0 rings (SSSR count). The second-order valence-electron chi connectivity index (χ2n) is 4.22. The molecule has 3 unspecified atom stereocenters. The normalized spacial score (nSPS) is 18.5. The maximum atomic E-state index is 9.33. The van der Waals surface area contributed by atoms with Gasteiger partial charge in [0.2, 0.25) is 0 Å². The summed E-state index contributed by atoms with van der Waals surface area (Å²) in [4.78, 5) is 0. The number of hydrogen-bond donors (Lipinski definition) is 2. The van der Waals surface area contributed by atoms with Crippen LogP contribution >= 0.6 is 11.8 Å². The van der Waals surface area contributed by atoms with Gasteiger partial charge in [0.25, 0.3) is 0 Å². The summed E-state index contributed by atoms with van der Waals surface area (Å²) in [7, 11) is 1.85. The number of aliphatic hydroxyl groups excluding tert-OH is 1. The molecule has 94 valence electrons. The SMILES string of the molecule is CCC(C#N)(CCCSC(C)C(C)O)NC. The summed E-state index contributed by atoms with van der Waals surface area (Å²) in [5.41, 5.74) is -0.366. The van der Waals surface area contributed by atoms with Crippen LogP contribution in [-0.2, 0) is 0 Å². The first kappa shape index (κ1) is 15.8. The molecule has 0 saturated carbocycles. The fraction of sp³-hybridized carbons (Fsp3) is 0.917. The number of hydrogen-bond acceptors (Lipinski definition) is 4. The van der Waals surface area contributed by atoms with Crippen molar-refractivity contribution in [3.63, 3.8) is 0 Å². The van der Waals surface area contributed by atoms with E-state index >= 15 is 0 Å². The first-order valence-corrected chi connectivity index (χ1v) is 6.96. The molecule has 0 aromatic rings. The molecular weight excluding hydrogens is 220 g/mol. The van der Waals surface area contributed by atoms with E-state index in [1.54, 1.807) is 11.8 Å². The lowest BCUT2D eigenvalue weighted by Gasteiger charge is -2.24. The van der Waals surface area contributed by atoms with Gasteiger partial charge in [0.15, 0.2) is 0 Å². The smallest absolute Gasteiger partial charge is 0.106 e. The van der Waals surface area contributed by atoms with Crippen LogP contribution in [0.25, 0.3) is 0 Å². The predicted molar refractivity (Wildman–Crippen MR) is 70.5 cm³/mol. The van der Waals surface area contributed by atoms with Crippen molar-refractivity contribution in [1.29, 1.82) is 5.26 Å². The highest BCUT2D eigenvalue weighted by Gasteiger charge is 2.24. The van der Waals surface area contributed by atoms with Crippen LogP contribution < -0.4 is 5.32 Å². The van der Waals surface area contributed by atoms with Crippen LogP contribution in [0, 0.1) is 11.3 Å². The van der Waals surface area contributed by atoms with Gasteiger partial charge in [0.1, 0.15) is 5.54 Å². The topological polar surface area (TPSA) is 56.0 Å². The van der Waals surface area contributed by atoms with E-state index in [-0.39, 0.29) is 16.9 Å². The Labute approximate surface area is 104 Å². The van der Waals surface area contributed by atoms with Gasteiger partial charge in [-0.3, -0.25) is 0 Å². The molecule has 0 radical (unpaired) electrons. The molecule has 4 heteroatoms. The molecule has 3 atom stereocenters. The minimum Gasteiger partial charge on any atom is -0.392 e. The highest BCUT2D eigenvalue weighted by atomic mass is 32.2. The lowest BCUT2D eigenvalue weighted by atomic mass is 9.93. The van der Waals surface area contributed by atoms with Gasteiger partial charge in [-0.2, -0.15) is 17.0 Å². The van der Waals surface area contributed by atoms with Gasteiger partial charge in [0.05, 0.1) is 12.2 Å². The lowest BCUT2D eigenvalue weighted by Crippen LogP contribution is -2.40. The Bertz CT molecular complexity index is 222. The number of nitrogens with zero attached hydrogens (tertiary/aromatic N) is 1. The van der Waals surface area contributed by atoms with Crippen molar-refractivity contribution in [3.8, 4) is 6.07 Å². The average Bonchev–Trinajstić information content (AvgIpc) is 2.30. The first-order chi connectivity index (χ1) is 7.51. The molecule has 0 spiro atoms. The predicted octanol–water partition coefficient (Wildman–Crippen LogP) is 2.16. The van der Waals surface area contributed by atoms with E-state index in [9.17, 15) is 5.11 Å². The summed E-state index contributed by atoms with van der Waals surface area (Å²) in [6.45, 7) is 5.88. The monoisotopic (exact) mass is 244 g/mol. The third kappa shape index (κ3) is 5.20. The highest BCUT2D eigenvalue weighted by molar-refractivity contribution is 7.99. The van der Waals surface area contributed by atoms with Crippen molar-refractivity contribution < 1.29 is 5.11 Å². The van der Waals surface area contributed by atoms with Crippen molar-refractivity contribution >= 4 is 11.8 Å². The molecular formula is C12H24N2OS. The van der Waals surface area contributed by atoms with Crippen LogP contribution in [0.3, 0.4) is 0 Å². The van der Waals surface area contributed by atoms with E-state index < -0.39 is 0 Å². The van der Waals surface area contributed by atoms with E-state index in [2.05, 4.69) is 11.4 Å². The van der Waals surface area contributed by atoms with Crippen LogP contribution in [-0.4, -0.2) is 34.8 Å². The Balaban J connectivity index is 3.85. The number of nitrogens with one attached hydrogen (secondary N) is 1. The maximum Gasteiger partial charge on any atom is 0.106 e. The zero-order chi connectivity index (χ0) is 12.6. The number of thioether (sulfide) groups is 1. The van der Waals surface area contributed by atoms with E-state index in [1.807, 2.05) is 27.8 Å². The van der Waals surface area contributed by atoms with E-state index in [1.165, 1.54) is 0 Å². The number of nitriles is 1. The summed E-state index contributed by atoms with van der Waals surface area (Å²) in [5.74, 6) is 0.997. The van der Waals surface area contributed by atoms with Gasteiger partial charge in [-0.05, 0) is 39.0 Å². The van der Waals surface area contributed by atoms with Crippen molar-refractivity contribution in [1.82, 2.24) is 5.32 Å². The Kier molecular flexibility index (Phi) is 7.82. The number of rotatable bonds is 8. The van der Waals surface area contributed by atoms with Crippen molar-refractivity contribution in [3.05, 3.63) is 0 Å². The minimum absolute atomic E-state index is 0.263. The Morgan fingerprint density at radius 1 is 1.50 bits per heavy atom. The second-order valence-corrected chi connectivity index (χ2v) is 5.70. The maximum absolute atomic E-state index is 9.33. The quantitative estimate of drug-likeness (QED) is 0.642. The molecule has 0 heterocycles. The molecule has 0 saturated heterocycles. The van der Waals surface area contributed by atoms with Crippen LogP contribution in [0.5, 0.6) is 0 Å². The fourth-order valence-corrected chi connectivity index (χ4v) is 2.41. The summed E-state index contributed by atoms with van der Waals surface area (Å²) in [6, 6.07) is 2.36. The summed E-state index contributed by atoms with van der Waals surface area (Å²) in [6.07, 6.45) is 2.44. The van der Waals surface area contributed by atoms with Crippen LogP contribution in [0.2, 0.25) is 0 Å². The van der Waals surface area contributed by atoms with E-state index in [0.29, 0.717) is 0 Å². The molecule has 2 N–H and O–H groups in total. The molecule has 0 bridgehead atoms. The van der Waals surface area contributed by atoms with Crippen LogP contribution in [0.4, 0.5) is 0 Å². The molecule has 0 fully saturated rings. The molecule has 3 nitrogen and oxygen atoms in total. The second kappa shape index (κ2) is 7.94. The van der Waals surface area contributed by atoms with Gasteiger partial charge < -0.3 is 10.4 Å². The van der Waals surface area contributed by atoms with E-state index in [4.69, 9.17) is 5.26 Å². The molecule has 0 aromatic heterocycles. The average molecular weight is 244 g/mol. The third-order valence-corrected chi connectivity index (χ3v) is 4.55. The molecule has 0 aliphatic heterocycles. The molecule has 0 amide bonds. The highest BCUT2D eigenvalue weighted by Crippen LogP contribution is 2.20. The summed E-state index contributed by atoms with van der Waals surface area (Å²) >= 11 is 1.77. The fourth-order valence-electron chi connectivity index (χ4n) is 1.45. The van der Waals surface area contributed by atoms with Crippen molar-refractivity contribution in [2.45, 2.75) is 56.9 Å². The Morgan fingerprint density at radius 3 is 2.50 bits per heavy atom. The lowest BCUT2D eigenvalue weighted by molar-refractivity contribution is 0.196. The van der Waals surface area contributed by atoms with Gasteiger partial charge >= 0.3 is 0 Å². The summed E-state index contributed by atoms with van der Waals surface area (Å²) < 4.78 is 0.